The van der Waals surface area contributed by atoms with Crippen LogP contribution in [0.5, 0.6) is 0 Å². The van der Waals surface area contributed by atoms with Gasteiger partial charge in [-0.15, -0.1) is 12.3 Å². The van der Waals surface area contributed by atoms with Crippen molar-refractivity contribution in [2.45, 2.75) is 74.1 Å². The van der Waals surface area contributed by atoms with Crippen molar-refractivity contribution in [2.75, 3.05) is 0 Å². The number of allylic oxidation sites excluding steroid dienone is 6. The van der Waals surface area contributed by atoms with Crippen LogP contribution in [-0.2, 0) is 0 Å². The zero-order chi connectivity index (χ0) is 27.1. The Balaban J connectivity index is 1.99. The van der Waals surface area contributed by atoms with Crippen LogP contribution in [-0.4, -0.2) is 0 Å². The van der Waals surface area contributed by atoms with Crippen molar-refractivity contribution >= 4 is 28.0 Å². The Morgan fingerprint density at radius 1 is 0.973 bits per heavy atom. The van der Waals surface area contributed by atoms with Crippen LogP contribution in [0.3, 0.4) is 0 Å². The highest BCUT2D eigenvalue weighted by molar-refractivity contribution is 5.91. The average molecular weight is 487 g/mol. The second kappa shape index (κ2) is 12.6. The van der Waals surface area contributed by atoms with Crippen LogP contribution in [0.4, 0.5) is 0 Å². The van der Waals surface area contributed by atoms with E-state index in [0.717, 1.165) is 24.8 Å². The van der Waals surface area contributed by atoms with Gasteiger partial charge in [0.05, 0.1) is 0 Å². The molecule has 0 heterocycles. The van der Waals surface area contributed by atoms with Gasteiger partial charge >= 0.3 is 0 Å². The first kappa shape index (κ1) is 28.0. The quantitative estimate of drug-likeness (QED) is 0.208. The number of rotatable bonds is 9. The van der Waals surface area contributed by atoms with Gasteiger partial charge in [-0.1, -0.05) is 90.9 Å². The van der Waals surface area contributed by atoms with Crippen molar-refractivity contribution in [3.05, 3.63) is 111 Å². The van der Waals surface area contributed by atoms with Gasteiger partial charge in [-0.25, -0.2) is 0 Å². The third kappa shape index (κ3) is 6.42. The Kier molecular flexibility index (Phi) is 9.54. The number of hydrogen-bond donors (Lipinski definition) is 0. The summed E-state index contributed by atoms with van der Waals surface area (Å²) >= 11 is 0. The van der Waals surface area contributed by atoms with Crippen LogP contribution in [0.2, 0.25) is 0 Å². The van der Waals surface area contributed by atoms with Crippen molar-refractivity contribution in [3.63, 3.8) is 0 Å². The molecule has 0 radical (unpaired) electrons. The molecule has 0 nitrogen and oxygen atoms in total. The van der Waals surface area contributed by atoms with E-state index in [4.69, 9.17) is 6.42 Å². The number of hydrogen-bond acceptors (Lipinski definition) is 0. The molecule has 0 saturated heterocycles. The Bertz CT molecular complexity index is 1440. The van der Waals surface area contributed by atoms with Crippen LogP contribution < -0.4 is 0 Å². The van der Waals surface area contributed by atoms with Gasteiger partial charge in [0.1, 0.15) is 0 Å². The first-order chi connectivity index (χ1) is 17.7. The predicted octanol–water partition coefficient (Wildman–Crippen LogP) is 10.8. The number of benzene rings is 3. The molecule has 0 saturated carbocycles. The van der Waals surface area contributed by atoms with Crippen LogP contribution in [0.25, 0.3) is 28.0 Å². The fourth-order valence-electron chi connectivity index (χ4n) is 5.38. The zero-order valence-electron chi connectivity index (χ0n) is 23.9. The molecule has 0 aromatic heterocycles. The van der Waals surface area contributed by atoms with E-state index >= 15 is 0 Å². The minimum absolute atomic E-state index is 0.693. The lowest BCUT2D eigenvalue weighted by molar-refractivity contribution is 1.05. The normalized spacial score (nSPS) is 12.9. The summed E-state index contributed by atoms with van der Waals surface area (Å²) in [4.78, 5) is 0. The molecule has 0 atom stereocenters. The molecule has 37 heavy (non-hydrogen) atoms. The van der Waals surface area contributed by atoms with Crippen molar-refractivity contribution in [3.8, 4) is 12.3 Å². The maximum absolute atomic E-state index is 5.67. The van der Waals surface area contributed by atoms with E-state index in [9.17, 15) is 0 Å². The zero-order valence-corrected chi connectivity index (χ0v) is 23.9. The smallest absolute Gasteiger partial charge is 0.0299 e. The molecule has 0 bridgehead atoms. The van der Waals surface area contributed by atoms with Gasteiger partial charge in [0, 0.05) is 6.42 Å². The van der Waals surface area contributed by atoms with Gasteiger partial charge in [0.15, 0.2) is 0 Å². The average Bonchev–Trinajstić information content (AvgIpc) is 2.86. The van der Waals surface area contributed by atoms with Crippen molar-refractivity contribution in [1.29, 1.82) is 0 Å². The molecule has 0 heteroatoms. The summed E-state index contributed by atoms with van der Waals surface area (Å²) < 4.78 is 0. The summed E-state index contributed by atoms with van der Waals surface area (Å²) in [6, 6.07) is 17.8. The van der Waals surface area contributed by atoms with E-state index in [1.165, 1.54) is 66.4 Å². The van der Waals surface area contributed by atoms with E-state index in [1.54, 1.807) is 0 Å². The molecular weight excluding hydrogens is 444 g/mol. The first-order valence-electron chi connectivity index (χ1n) is 13.4. The van der Waals surface area contributed by atoms with Gasteiger partial charge in [-0.2, -0.15) is 0 Å². The molecule has 0 unspecified atom stereocenters. The molecule has 3 aromatic rings. The monoisotopic (exact) mass is 486 g/mol. The highest BCUT2D eigenvalue weighted by atomic mass is 14.2. The summed E-state index contributed by atoms with van der Waals surface area (Å²) in [5.74, 6) is 2.84. The third-order valence-corrected chi connectivity index (χ3v) is 7.56. The highest BCUT2D eigenvalue weighted by Crippen LogP contribution is 2.37. The van der Waals surface area contributed by atoms with Gasteiger partial charge in [-0.05, 0) is 116 Å². The number of fused-ring (bicyclic) bond motifs is 1. The molecule has 0 aliphatic carbocycles. The highest BCUT2D eigenvalue weighted by Gasteiger charge is 2.16. The molecule has 0 aliphatic rings. The molecule has 0 N–H and O–H groups in total. The Labute approximate surface area is 225 Å². The first-order valence-corrected chi connectivity index (χ1v) is 13.4. The van der Waals surface area contributed by atoms with Crippen LogP contribution in [0, 0.1) is 33.1 Å². The van der Waals surface area contributed by atoms with E-state index < -0.39 is 0 Å². The molecular formula is C37H42. The standard InChI is InChI=1S/C37H42/c1-10-15-27(6)33(11-2)37-28(7)21-23-35(30(37)9)34(29(8)25(3)4)19-13-12-16-31-17-14-18-32-24-26(5)20-22-36(31)32/h1,12,14,16-18,20-24H,3,11,13,15,19H2,2,4-9H3/b16-12+,33-27+,34-29+. The lowest BCUT2D eigenvalue weighted by Crippen LogP contribution is -2.02. The van der Waals surface area contributed by atoms with Crippen LogP contribution >= 0.6 is 0 Å². The fourth-order valence-corrected chi connectivity index (χ4v) is 5.38. The van der Waals surface area contributed by atoms with Crippen LogP contribution in [0.1, 0.15) is 86.8 Å². The van der Waals surface area contributed by atoms with Crippen molar-refractivity contribution < 1.29 is 0 Å². The maximum atomic E-state index is 5.67. The summed E-state index contributed by atoms with van der Waals surface area (Å²) in [7, 11) is 0. The van der Waals surface area contributed by atoms with Crippen molar-refractivity contribution in [2.24, 2.45) is 0 Å². The minimum Gasteiger partial charge on any atom is -0.120 e. The molecule has 0 amide bonds. The Morgan fingerprint density at radius 2 is 1.73 bits per heavy atom. The SMILES string of the molecule is C#CC/C(C)=C(\CC)c1c(C)ccc(/C(CC/C=C/c2cccc3cc(C)ccc23)=C(\C)C(=C)C)c1C. The minimum atomic E-state index is 0.693. The Morgan fingerprint density at radius 3 is 2.41 bits per heavy atom. The van der Waals surface area contributed by atoms with E-state index in [0.29, 0.717) is 6.42 Å². The lowest BCUT2D eigenvalue weighted by Gasteiger charge is -2.21. The van der Waals surface area contributed by atoms with Crippen molar-refractivity contribution in [1.82, 2.24) is 0 Å². The molecule has 3 rings (SSSR count). The van der Waals surface area contributed by atoms with Gasteiger partial charge < -0.3 is 0 Å². The summed E-state index contributed by atoms with van der Waals surface area (Å²) in [5.41, 5.74) is 14.4. The maximum Gasteiger partial charge on any atom is 0.0299 e. The van der Waals surface area contributed by atoms with Crippen LogP contribution in [0.15, 0.2) is 77.9 Å². The fraction of sp³-hybridized carbons (Fsp3) is 0.297. The van der Waals surface area contributed by atoms with E-state index in [1.807, 2.05) is 0 Å². The number of terminal acetylenes is 1. The van der Waals surface area contributed by atoms with Gasteiger partial charge in [0.25, 0.3) is 0 Å². The lowest BCUT2D eigenvalue weighted by atomic mass is 9.83. The molecule has 190 valence electrons. The van der Waals surface area contributed by atoms with E-state index in [2.05, 4.69) is 122 Å². The topological polar surface area (TPSA) is 0 Å². The Hall–Kier alpha value is -3.56. The summed E-state index contributed by atoms with van der Waals surface area (Å²) in [6.45, 7) is 19.7. The molecule has 0 aliphatic heterocycles. The summed E-state index contributed by atoms with van der Waals surface area (Å²) in [5, 5.41) is 2.60. The molecule has 3 aromatic carbocycles. The largest absolute Gasteiger partial charge is 0.120 e. The summed E-state index contributed by atoms with van der Waals surface area (Å²) in [6.07, 6.45) is 13.9. The second-order valence-corrected chi connectivity index (χ2v) is 10.3. The predicted molar refractivity (Wildman–Crippen MR) is 167 cm³/mol. The van der Waals surface area contributed by atoms with Gasteiger partial charge in [0.2, 0.25) is 0 Å². The second-order valence-electron chi connectivity index (χ2n) is 10.3. The molecule has 0 spiro atoms. The number of aryl methyl sites for hydroxylation is 2. The van der Waals surface area contributed by atoms with E-state index in [-0.39, 0.29) is 0 Å². The third-order valence-electron chi connectivity index (χ3n) is 7.56. The molecule has 0 fully saturated rings. The van der Waals surface area contributed by atoms with Gasteiger partial charge in [-0.3, -0.25) is 0 Å².